The van der Waals surface area contributed by atoms with Gasteiger partial charge in [0.05, 0.1) is 10.9 Å². The van der Waals surface area contributed by atoms with Gasteiger partial charge in [-0.05, 0) is 68.2 Å². The summed E-state index contributed by atoms with van der Waals surface area (Å²) in [6, 6.07) is 9.84. The van der Waals surface area contributed by atoms with Gasteiger partial charge < -0.3 is 9.52 Å². The number of aromatic nitrogens is 1. The highest BCUT2D eigenvalue weighted by atomic mass is 79.9. The molecular weight excluding hydrogens is 444 g/mol. The van der Waals surface area contributed by atoms with Crippen LogP contribution in [0.3, 0.4) is 0 Å². The minimum atomic E-state index is -0.693. The first kappa shape index (κ1) is 19.4. The third-order valence-electron chi connectivity index (χ3n) is 5.35. The second-order valence-corrected chi connectivity index (χ2v) is 8.51. The highest BCUT2D eigenvalue weighted by Gasteiger charge is 2.24. The first-order chi connectivity index (χ1) is 13.4. The summed E-state index contributed by atoms with van der Waals surface area (Å²) >= 11 is 10.0. The standard InChI is InChI=1S/C21H20BrClN2O3/c1-12-15(3-2-4-16(12)22)20-24-18-10-13(9-17(23)19(18)28-20)11-25-7-5-14(6-8-25)21(26)27/h2-4,9-10,14H,5-8,11H2,1H3,(H,26,27). The number of hydrogen-bond acceptors (Lipinski definition) is 4. The van der Waals surface area contributed by atoms with E-state index in [9.17, 15) is 4.79 Å². The summed E-state index contributed by atoms with van der Waals surface area (Å²) < 4.78 is 6.97. The molecule has 1 aromatic heterocycles. The number of carboxylic acids is 1. The van der Waals surface area contributed by atoms with E-state index in [-0.39, 0.29) is 5.92 Å². The summed E-state index contributed by atoms with van der Waals surface area (Å²) in [7, 11) is 0. The van der Waals surface area contributed by atoms with Crippen molar-refractivity contribution in [2.45, 2.75) is 26.3 Å². The van der Waals surface area contributed by atoms with Crippen LogP contribution in [-0.2, 0) is 11.3 Å². The van der Waals surface area contributed by atoms with Crippen molar-refractivity contribution in [3.8, 4) is 11.5 Å². The summed E-state index contributed by atoms with van der Waals surface area (Å²) in [6.45, 7) is 4.28. The van der Waals surface area contributed by atoms with E-state index in [2.05, 4.69) is 25.8 Å². The average Bonchev–Trinajstić information content (AvgIpc) is 3.09. The fourth-order valence-corrected chi connectivity index (χ4v) is 4.33. The van der Waals surface area contributed by atoms with Gasteiger partial charge in [0.15, 0.2) is 5.58 Å². The van der Waals surface area contributed by atoms with Crippen molar-refractivity contribution >= 4 is 44.6 Å². The first-order valence-electron chi connectivity index (χ1n) is 9.22. The van der Waals surface area contributed by atoms with Crippen LogP contribution >= 0.6 is 27.5 Å². The minimum Gasteiger partial charge on any atom is -0.481 e. The zero-order valence-corrected chi connectivity index (χ0v) is 17.8. The number of hydrogen-bond donors (Lipinski definition) is 1. The van der Waals surface area contributed by atoms with E-state index in [1.807, 2.05) is 37.3 Å². The number of carboxylic acid groups (broad SMARTS) is 1. The SMILES string of the molecule is Cc1c(Br)cccc1-c1nc2cc(CN3CCC(C(=O)O)CC3)cc(Cl)c2o1. The molecule has 0 atom stereocenters. The topological polar surface area (TPSA) is 66.6 Å². The lowest BCUT2D eigenvalue weighted by Gasteiger charge is -2.30. The number of aliphatic carboxylic acids is 1. The van der Waals surface area contributed by atoms with Gasteiger partial charge in [0.1, 0.15) is 5.52 Å². The molecule has 1 saturated heterocycles. The van der Waals surface area contributed by atoms with Crippen molar-refractivity contribution in [1.82, 2.24) is 9.88 Å². The quantitative estimate of drug-likeness (QED) is 0.552. The van der Waals surface area contributed by atoms with E-state index in [1.165, 1.54) is 0 Å². The van der Waals surface area contributed by atoms with Crippen LogP contribution in [0.4, 0.5) is 0 Å². The van der Waals surface area contributed by atoms with E-state index >= 15 is 0 Å². The molecule has 2 heterocycles. The molecule has 0 bridgehead atoms. The van der Waals surface area contributed by atoms with Crippen LogP contribution in [0.2, 0.25) is 5.02 Å². The highest BCUT2D eigenvalue weighted by molar-refractivity contribution is 9.10. The van der Waals surface area contributed by atoms with Crippen molar-refractivity contribution in [2.24, 2.45) is 5.92 Å². The van der Waals surface area contributed by atoms with Crippen molar-refractivity contribution < 1.29 is 14.3 Å². The molecule has 0 unspecified atom stereocenters. The number of nitrogens with zero attached hydrogens (tertiary/aromatic N) is 2. The second-order valence-electron chi connectivity index (χ2n) is 7.25. The number of piperidine rings is 1. The van der Waals surface area contributed by atoms with E-state index in [0.29, 0.717) is 29.3 Å². The maximum atomic E-state index is 11.1. The Labute approximate surface area is 176 Å². The Morgan fingerprint density at radius 3 is 2.82 bits per heavy atom. The first-order valence-corrected chi connectivity index (χ1v) is 10.4. The molecule has 0 radical (unpaired) electrons. The molecule has 2 aromatic carbocycles. The summed E-state index contributed by atoms with van der Waals surface area (Å²) in [5.74, 6) is -0.369. The minimum absolute atomic E-state index is 0.228. The molecular formula is C21H20BrClN2O3. The maximum absolute atomic E-state index is 11.1. The second kappa shape index (κ2) is 7.85. The molecule has 1 N–H and O–H groups in total. The van der Waals surface area contributed by atoms with Gasteiger partial charge in [0.25, 0.3) is 0 Å². The van der Waals surface area contributed by atoms with Gasteiger partial charge in [-0.25, -0.2) is 4.98 Å². The zero-order chi connectivity index (χ0) is 19.8. The fourth-order valence-electron chi connectivity index (χ4n) is 3.69. The predicted molar refractivity (Wildman–Crippen MR) is 113 cm³/mol. The van der Waals surface area contributed by atoms with E-state index < -0.39 is 5.97 Å². The van der Waals surface area contributed by atoms with Gasteiger partial charge in [-0.3, -0.25) is 9.69 Å². The molecule has 0 saturated carbocycles. The predicted octanol–water partition coefficient (Wildman–Crippen LogP) is 5.52. The molecule has 3 aromatic rings. The fraction of sp³-hybridized carbons (Fsp3) is 0.333. The number of benzene rings is 2. The van der Waals surface area contributed by atoms with Gasteiger partial charge in [-0.2, -0.15) is 0 Å². The van der Waals surface area contributed by atoms with Crippen LogP contribution in [0.15, 0.2) is 39.2 Å². The Balaban J connectivity index is 1.59. The summed E-state index contributed by atoms with van der Waals surface area (Å²) in [6.07, 6.45) is 1.36. The third-order valence-corrected chi connectivity index (χ3v) is 6.49. The van der Waals surface area contributed by atoms with Gasteiger partial charge in [-0.1, -0.05) is 33.6 Å². The van der Waals surface area contributed by atoms with E-state index in [0.717, 1.165) is 46.3 Å². The summed E-state index contributed by atoms with van der Waals surface area (Å²) in [5, 5.41) is 9.69. The van der Waals surface area contributed by atoms with Gasteiger partial charge in [0, 0.05) is 16.6 Å². The lowest BCUT2D eigenvalue weighted by molar-refractivity contribution is -0.143. The summed E-state index contributed by atoms with van der Waals surface area (Å²) in [5.41, 5.74) is 4.37. The van der Waals surface area contributed by atoms with Crippen LogP contribution < -0.4 is 0 Å². The molecule has 0 spiro atoms. The average molecular weight is 464 g/mol. The number of fused-ring (bicyclic) bond motifs is 1. The summed E-state index contributed by atoms with van der Waals surface area (Å²) in [4.78, 5) is 18.0. The Morgan fingerprint density at radius 1 is 1.36 bits per heavy atom. The number of carbonyl (C=O) groups is 1. The van der Waals surface area contributed by atoms with Crippen LogP contribution in [-0.4, -0.2) is 34.0 Å². The largest absolute Gasteiger partial charge is 0.481 e. The van der Waals surface area contributed by atoms with E-state index in [1.54, 1.807) is 0 Å². The molecule has 0 amide bonds. The number of oxazole rings is 1. The van der Waals surface area contributed by atoms with Crippen LogP contribution in [0.1, 0.15) is 24.0 Å². The van der Waals surface area contributed by atoms with Gasteiger partial charge in [0.2, 0.25) is 5.89 Å². The molecule has 5 nitrogen and oxygen atoms in total. The van der Waals surface area contributed by atoms with Crippen molar-refractivity contribution in [1.29, 1.82) is 0 Å². The molecule has 1 fully saturated rings. The lowest BCUT2D eigenvalue weighted by Crippen LogP contribution is -2.35. The van der Waals surface area contributed by atoms with Gasteiger partial charge in [-0.15, -0.1) is 0 Å². The number of likely N-dealkylation sites (tertiary alicyclic amines) is 1. The lowest BCUT2D eigenvalue weighted by atomic mass is 9.97. The van der Waals surface area contributed by atoms with Crippen LogP contribution in [0.25, 0.3) is 22.6 Å². The van der Waals surface area contributed by atoms with E-state index in [4.69, 9.17) is 21.1 Å². The monoisotopic (exact) mass is 462 g/mol. The van der Waals surface area contributed by atoms with Crippen LogP contribution in [0, 0.1) is 12.8 Å². The van der Waals surface area contributed by atoms with Crippen molar-refractivity contribution in [3.05, 3.63) is 51.0 Å². The Bertz CT molecular complexity index is 1040. The maximum Gasteiger partial charge on any atom is 0.306 e. The normalized spacial score (nSPS) is 16.0. The smallest absolute Gasteiger partial charge is 0.306 e. The van der Waals surface area contributed by atoms with Crippen molar-refractivity contribution in [3.63, 3.8) is 0 Å². The Kier molecular flexibility index (Phi) is 5.45. The van der Waals surface area contributed by atoms with Crippen LogP contribution in [0.5, 0.6) is 0 Å². The zero-order valence-electron chi connectivity index (χ0n) is 15.4. The molecule has 1 aliphatic rings. The number of halogens is 2. The molecule has 1 aliphatic heterocycles. The molecule has 7 heteroatoms. The number of rotatable bonds is 4. The Morgan fingerprint density at radius 2 is 2.11 bits per heavy atom. The highest BCUT2D eigenvalue weighted by Crippen LogP contribution is 2.34. The Hall–Kier alpha value is -1.89. The molecule has 28 heavy (non-hydrogen) atoms. The third kappa shape index (κ3) is 3.81. The van der Waals surface area contributed by atoms with Gasteiger partial charge >= 0.3 is 5.97 Å². The van der Waals surface area contributed by atoms with Crippen molar-refractivity contribution in [2.75, 3.05) is 13.1 Å². The molecule has 0 aliphatic carbocycles. The molecule has 4 rings (SSSR count). The molecule has 146 valence electrons.